The Morgan fingerprint density at radius 1 is 1.20 bits per heavy atom. The van der Waals surface area contributed by atoms with Crippen LogP contribution in [0.3, 0.4) is 0 Å². The van der Waals surface area contributed by atoms with Gasteiger partial charge in [0.05, 0.1) is 24.2 Å². The van der Waals surface area contributed by atoms with Crippen molar-refractivity contribution in [3.8, 4) is 17.2 Å². The molecule has 6 rings (SSSR count). The molecule has 2 aromatic carbocycles. The van der Waals surface area contributed by atoms with Crippen molar-refractivity contribution in [2.45, 2.75) is 39.9 Å². The van der Waals surface area contributed by atoms with E-state index in [4.69, 9.17) is 20.4 Å². The molecule has 0 amide bonds. The third kappa shape index (κ3) is 4.26. The number of hydrogen-bond acceptors (Lipinski definition) is 8. The Bertz CT molecular complexity index is 1760. The summed E-state index contributed by atoms with van der Waals surface area (Å²) in [6.07, 6.45) is 9.45. The lowest BCUT2D eigenvalue weighted by molar-refractivity contribution is 0.135. The van der Waals surface area contributed by atoms with Crippen molar-refractivity contribution in [2.24, 2.45) is 5.92 Å². The summed E-state index contributed by atoms with van der Waals surface area (Å²) in [5.74, 6) is 0.0264. The molecule has 1 unspecified atom stereocenters. The van der Waals surface area contributed by atoms with E-state index in [-0.39, 0.29) is 40.4 Å². The number of anilines is 3. The third-order valence-corrected chi connectivity index (χ3v) is 8.47. The second kappa shape index (κ2) is 10.5. The summed E-state index contributed by atoms with van der Waals surface area (Å²) in [6.45, 7) is 6.03. The molecular formula is C30H28F2N6OS. The van der Waals surface area contributed by atoms with Crippen molar-refractivity contribution >= 4 is 49.1 Å². The van der Waals surface area contributed by atoms with E-state index in [2.05, 4.69) is 25.2 Å². The molecule has 0 spiro atoms. The molecule has 4 aromatic rings. The minimum atomic E-state index is -0.673. The molecule has 7 nitrogen and oxygen atoms in total. The first kappa shape index (κ1) is 26.2. The van der Waals surface area contributed by atoms with E-state index in [0.29, 0.717) is 44.3 Å². The minimum Gasteiger partial charge on any atom is -0.389 e. The summed E-state index contributed by atoms with van der Waals surface area (Å²) in [5, 5.41) is 14.2. The number of halogens is 2. The van der Waals surface area contributed by atoms with Gasteiger partial charge in [-0.25, -0.2) is 13.8 Å². The number of aromatic nitrogens is 2. The molecule has 2 aromatic heterocycles. The molecule has 1 saturated heterocycles. The fraction of sp³-hybridized carbons (Fsp3) is 0.300. The molecule has 1 fully saturated rings. The van der Waals surface area contributed by atoms with Gasteiger partial charge in [0.25, 0.3) is 0 Å². The number of nitrogens with zero attached hydrogens (tertiary/aromatic N) is 4. The molecule has 2 aliphatic heterocycles. The Kier molecular flexibility index (Phi) is 6.86. The maximum atomic E-state index is 16.9. The molecule has 10 heteroatoms. The quantitative estimate of drug-likeness (QED) is 0.246. The van der Waals surface area contributed by atoms with E-state index in [0.717, 1.165) is 25.9 Å². The molecule has 0 saturated carbocycles. The molecule has 3 N–H and O–H groups in total. The average molecular weight is 559 g/mol. The SMILES string of the molecule is CCC=CC=CNc1nc(N2CCC(C)C2)nc2c(F)c(-c3c(F)ccc4sc(N)c(C#N)c34)c3c(c12)COC3. The number of fused-ring (bicyclic) bond motifs is 4. The maximum Gasteiger partial charge on any atom is 0.228 e. The molecule has 2 aliphatic rings. The van der Waals surface area contributed by atoms with Gasteiger partial charge in [0.2, 0.25) is 5.95 Å². The first-order valence-corrected chi connectivity index (χ1v) is 14.1. The topological polar surface area (TPSA) is 100 Å². The van der Waals surface area contributed by atoms with Gasteiger partial charge in [-0.3, -0.25) is 0 Å². The van der Waals surface area contributed by atoms with Crippen molar-refractivity contribution in [3.05, 3.63) is 64.9 Å². The fourth-order valence-electron chi connectivity index (χ4n) is 5.58. The molecule has 40 heavy (non-hydrogen) atoms. The number of ether oxygens (including phenoxy) is 1. The smallest absolute Gasteiger partial charge is 0.228 e. The van der Waals surface area contributed by atoms with E-state index in [1.165, 1.54) is 17.4 Å². The highest BCUT2D eigenvalue weighted by Crippen LogP contribution is 2.47. The van der Waals surface area contributed by atoms with Gasteiger partial charge in [-0.15, -0.1) is 11.3 Å². The zero-order valence-electron chi connectivity index (χ0n) is 22.2. The molecule has 204 valence electrons. The lowest BCUT2D eigenvalue weighted by Crippen LogP contribution is -2.22. The zero-order chi connectivity index (χ0) is 28.0. The Hall–Kier alpha value is -4.07. The Labute approximate surface area is 234 Å². The highest BCUT2D eigenvalue weighted by molar-refractivity contribution is 7.23. The van der Waals surface area contributed by atoms with E-state index in [9.17, 15) is 5.26 Å². The van der Waals surface area contributed by atoms with Gasteiger partial charge in [-0.05, 0) is 48.1 Å². The van der Waals surface area contributed by atoms with Crippen molar-refractivity contribution in [2.75, 3.05) is 29.0 Å². The van der Waals surface area contributed by atoms with Gasteiger partial charge in [-0.2, -0.15) is 10.2 Å². The summed E-state index contributed by atoms with van der Waals surface area (Å²) in [4.78, 5) is 11.6. The van der Waals surface area contributed by atoms with Crippen LogP contribution in [-0.4, -0.2) is 23.1 Å². The van der Waals surface area contributed by atoms with Gasteiger partial charge in [-0.1, -0.05) is 26.0 Å². The van der Waals surface area contributed by atoms with Gasteiger partial charge < -0.3 is 20.7 Å². The van der Waals surface area contributed by atoms with Crippen LogP contribution in [0.5, 0.6) is 0 Å². The van der Waals surface area contributed by atoms with Crippen LogP contribution < -0.4 is 16.0 Å². The van der Waals surface area contributed by atoms with Gasteiger partial charge >= 0.3 is 0 Å². The number of nitrogen functional groups attached to an aromatic ring is 1. The Morgan fingerprint density at radius 3 is 2.77 bits per heavy atom. The predicted molar refractivity (Wildman–Crippen MR) is 156 cm³/mol. The molecular weight excluding hydrogens is 530 g/mol. The summed E-state index contributed by atoms with van der Waals surface area (Å²) < 4.78 is 39.0. The number of nitriles is 1. The minimum absolute atomic E-state index is 0.0113. The largest absolute Gasteiger partial charge is 0.389 e. The fourth-order valence-corrected chi connectivity index (χ4v) is 6.51. The van der Waals surface area contributed by atoms with Crippen molar-refractivity contribution in [1.29, 1.82) is 5.26 Å². The van der Waals surface area contributed by atoms with E-state index >= 15 is 8.78 Å². The summed E-state index contributed by atoms with van der Waals surface area (Å²) in [6, 6.07) is 4.95. The lowest BCUT2D eigenvalue weighted by Gasteiger charge is -2.21. The molecule has 1 atom stereocenters. The van der Waals surface area contributed by atoms with Crippen molar-refractivity contribution in [1.82, 2.24) is 9.97 Å². The monoisotopic (exact) mass is 558 g/mol. The Morgan fingerprint density at radius 2 is 2.02 bits per heavy atom. The standard InChI is InChI=1S/C30H28F2N6OS/c1-3-4-5-6-10-35-29-24-19-15-39-14-18(19)23(25-20(31)7-8-21-22(25)17(12-33)28(34)40-21)26(32)27(24)36-30(37-29)38-11-9-16(2)13-38/h4-8,10,16H,3,9,11,13-15,34H2,1-2H3,(H,35,36,37). The van der Waals surface area contributed by atoms with Crippen LogP contribution in [0.1, 0.15) is 43.4 Å². The van der Waals surface area contributed by atoms with Gasteiger partial charge in [0.15, 0.2) is 5.82 Å². The zero-order valence-corrected chi connectivity index (χ0v) is 23.0. The van der Waals surface area contributed by atoms with Crippen LogP contribution in [0, 0.1) is 28.9 Å². The average Bonchev–Trinajstić information content (AvgIpc) is 3.67. The number of hydrogen-bond donors (Lipinski definition) is 2. The number of rotatable bonds is 6. The van der Waals surface area contributed by atoms with Crippen molar-refractivity contribution in [3.63, 3.8) is 0 Å². The number of nitrogens with one attached hydrogen (secondary N) is 1. The van der Waals surface area contributed by atoms with Crippen molar-refractivity contribution < 1.29 is 13.5 Å². The number of nitrogens with two attached hydrogens (primary N) is 1. The first-order chi connectivity index (χ1) is 19.4. The molecule has 0 bridgehead atoms. The Balaban J connectivity index is 1.66. The van der Waals surface area contributed by atoms with Crippen LogP contribution in [0.4, 0.5) is 25.5 Å². The maximum absolute atomic E-state index is 16.9. The lowest BCUT2D eigenvalue weighted by atomic mass is 9.90. The molecule has 4 heterocycles. The van der Waals surface area contributed by atoms with E-state index in [1.807, 2.05) is 23.1 Å². The van der Waals surface area contributed by atoms with Gasteiger partial charge in [0, 0.05) is 40.5 Å². The number of thiophene rings is 1. The second-order valence-electron chi connectivity index (χ2n) is 10.2. The summed E-state index contributed by atoms with van der Waals surface area (Å²) in [7, 11) is 0. The van der Waals surface area contributed by atoms with Crippen LogP contribution in [0.15, 0.2) is 36.6 Å². The van der Waals surface area contributed by atoms with E-state index < -0.39 is 11.6 Å². The summed E-state index contributed by atoms with van der Waals surface area (Å²) >= 11 is 1.18. The van der Waals surface area contributed by atoms with Crippen LogP contribution in [0.2, 0.25) is 0 Å². The summed E-state index contributed by atoms with van der Waals surface area (Å²) in [5.41, 5.74) is 7.63. The normalized spacial score (nSPS) is 17.1. The first-order valence-electron chi connectivity index (χ1n) is 13.3. The number of benzene rings is 2. The molecule has 0 radical (unpaired) electrons. The second-order valence-corrected chi connectivity index (χ2v) is 11.2. The van der Waals surface area contributed by atoms with Gasteiger partial charge in [0.1, 0.15) is 28.2 Å². The molecule has 0 aliphatic carbocycles. The highest BCUT2D eigenvalue weighted by Gasteiger charge is 2.32. The predicted octanol–water partition coefficient (Wildman–Crippen LogP) is 7.01. The highest BCUT2D eigenvalue weighted by atomic mass is 32.1. The van der Waals surface area contributed by atoms with E-state index in [1.54, 1.807) is 12.3 Å². The van der Waals surface area contributed by atoms with Crippen LogP contribution in [-0.2, 0) is 18.0 Å². The van der Waals surface area contributed by atoms with Crippen LogP contribution >= 0.6 is 11.3 Å². The van der Waals surface area contributed by atoms with Crippen LogP contribution in [0.25, 0.3) is 32.1 Å². The third-order valence-electron chi connectivity index (χ3n) is 7.49. The number of allylic oxidation sites excluding steroid dienone is 3.